The quantitative estimate of drug-likeness (QED) is 0.600. The summed E-state index contributed by atoms with van der Waals surface area (Å²) in [4.78, 5) is 0. The first-order valence-electron chi connectivity index (χ1n) is 7.45. The summed E-state index contributed by atoms with van der Waals surface area (Å²) in [5.74, 6) is 6.42. The maximum Gasteiger partial charge on any atom is 0.0580 e. The standard InChI is InChI=1S/C16H25ClN2O/c1-3-20-15-8-12(9-15)7-14(19-18)10-13-5-4-11(2)6-16(13)17/h4-6,12,14-15,19H,3,7-10,18H2,1-2H3. The molecule has 20 heavy (non-hydrogen) atoms. The van der Waals surface area contributed by atoms with Gasteiger partial charge in [0.15, 0.2) is 0 Å². The lowest BCUT2D eigenvalue weighted by Crippen LogP contribution is -2.42. The van der Waals surface area contributed by atoms with Crippen LogP contribution in [-0.4, -0.2) is 18.8 Å². The Balaban J connectivity index is 1.84. The molecule has 1 aliphatic rings. The zero-order valence-electron chi connectivity index (χ0n) is 12.4. The van der Waals surface area contributed by atoms with Gasteiger partial charge in [0, 0.05) is 17.7 Å². The average Bonchev–Trinajstić information content (AvgIpc) is 2.37. The first-order chi connectivity index (χ1) is 9.62. The van der Waals surface area contributed by atoms with Crippen LogP contribution in [0.4, 0.5) is 0 Å². The van der Waals surface area contributed by atoms with E-state index in [1.807, 2.05) is 6.07 Å². The molecular formula is C16H25ClN2O. The van der Waals surface area contributed by atoms with Crippen molar-refractivity contribution in [2.45, 2.75) is 51.7 Å². The van der Waals surface area contributed by atoms with E-state index in [1.165, 1.54) is 11.1 Å². The fourth-order valence-electron chi connectivity index (χ4n) is 2.93. The molecule has 0 saturated heterocycles. The Morgan fingerprint density at radius 1 is 1.45 bits per heavy atom. The molecule has 1 atom stereocenters. The van der Waals surface area contributed by atoms with Crippen molar-refractivity contribution in [2.75, 3.05) is 6.61 Å². The van der Waals surface area contributed by atoms with E-state index < -0.39 is 0 Å². The maximum absolute atomic E-state index is 6.29. The number of benzene rings is 1. The van der Waals surface area contributed by atoms with Crippen LogP contribution in [0, 0.1) is 12.8 Å². The van der Waals surface area contributed by atoms with Crippen LogP contribution < -0.4 is 11.3 Å². The first-order valence-corrected chi connectivity index (χ1v) is 7.83. The van der Waals surface area contributed by atoms with E-state index >= 15 is 0 Å². The van der Waals surface area contributed by atoms with E-state index in [2.05, 4.69) is 31.4 Å². The predicted octanol–water partition coefficient (Wildman–Crippen LogP) is 3.23. The molecule has 0 bridgehead atoms. The lowest BCUT2D eigenvalue weighted by molar-refractivity contribution is -0.0290. The molecule has 1 aromatic carbocycles. The van der Waals surface area contributed by atoms with Gasteiger partial charge in [0.05, 0.1) is 6.10 Å². The summed E-state index contributed by atoms with van der Waals surface area (Å²) in [6.45, 7) is 4.92. The average molecular weight is 297 g/mol. The first kappa shape index (κ1) is 15.8. The van der Waals surface area contributed by atoms with Gasteiger partial charge in [0.25, 0.3) is 0 Å². The summed E-state index contributed by atoms with van der Waals surface area (Å²) in [7, 11) is 0. The molecule has 0 radical (unpaired) electrons. The summed E-state index contributed by atoms with van der Waals surface area (Å²) in [5, 5.41) is 0.839. The van der Waals surface area contributed by atoms with Crippen LogP contribution in [0.25, 0.3) is 0 Å². The van der Waals surface area contributed by atoms with Crippen LogP contribution in [0.3, 0.4) is 0 Å². The third-order valence-electron chi connectivity index (χ3n) is 4.12. The second kappa shape index (κ2) is 7.41. The van der Waals surface area contributed by atoms with Gasteiger partial charge in [-0.25, -0.2) is 0 Å². The second-order valence-electron chi connectivity index (χ2n) is 5.81. The molecule has 2 rings (SSSR count). The number of hydrogen-bond donors (Lipinski definition) is 2. The molecule has 112 valence electrons. The van der Waals surface area contributed by atoms with E-state index in [-0.39, 0.29) is 6.04 Å². The predicted molar refractivity (Wildman–Crippen MR) is 83.8 cm³/mol. The highest BCUT2D eigenvalue weighted by molar-refractivity contribution is 6.31. The molecule has 0 heterocycles. The maximum atomic E-state index is 6.29. The summed E-state index contributed by atoms with van der Waals surface area (Å²) in [5.41, 5.74) is 5.30. The van der Waals surface area contributed by atoms with Gasteiger partial charge in [-0.05, 0) is 62.6 Å². The van der Waals surface area contributed by atoms with Crippen molar-refractivity contribution in [3.63, 3.8) is 0 Å². The molecule has 3 N–H and O–H groups in total. The van der Waals surface area contributed by atoms with Gasteiger partial charge in [-0.15, -0.1) is 0 Å². The van der Waals surface area contributed by atoms with E-state index in [9.17, 15) is 0 Å². The highest BCUT2D eigenvalue weighted by atomic mass is 35.5. The molecule has 0 aliphatic heterocycles. The number of nitrogens with two attached hydrogens (primary N) is 1. The van der Waals surface area contributed by atoms with Crippen molar-refractivity contribution in [3.05, 3.63) is 34.3 Å². The van der Waals surface area contributed by atoms with Crippen molar-refractivity contribution >= 4 is 11.6 Å². The van der Waals surface area contributed by atoms with Gasteiger partial charge in [-0.1, -0.05) is 23.7 Å². The minimum absolute atomic E-state index is 0.280. The number of halogens is 1. The van der Waals surface area contributed by atoms with E-state index in [0.717, 1.165) is 43.2 Å². The molecule has 0 spiro atoms. The fraction of sp³-hybridized carbons (Fsp3) is 0.625. The van der Waals surface area contributed by atoms with Crippen LogP contribution in [-0.2, 0) is 11.2 Å². The number of hydrogen-bond acceptors (Lipinski definition) is 3. The minimum atomic E-state index is 0.280. The summed E-state index contributed by atoms with van der Waals surface area (Å²) in [6.07, 6.45) is 4.75. The topological polar surface area (TPSA) is 47.3 Å². The number of nitrogens with one attached hydrogen (secondary N) is 1. The van der Waals surface area contributed by atoms with Crippen LogP contribution in [0.5, 0.6) is 0 Å². The van der Waals surface area contributed by atoms with Crippen molar-refractivity contribution in [1.82, 2.24) is 5.43 Å². The molecule has 4 heteroatoms. The van der Waals surface area contributed by atoms with Gasteiger partial charge >= 0.3 is 0 Å². The van der Waals surface area contributed by atoms with Gasteiger partial charge < -0.3 is 4.74 Å². The highest BCUT2D eigenvalue weighted by Gasteiger charge is 2.31. The highest BCUT2D eigenvalue weighted by Crippen LogP contribution is 2.34. The molecule has 1 fully saturated rings. The smallest absolute Gasteiger partial charge is 0.0580 e. The fourth-order valence-corrected chi connectivity index (χ4v) is 3.25. The molecular weight excluding hydrogens is 272 g/mol. The Morgan fingerprint density at radius 2 is 2.20 bits per heavy atom. The Hall–Kier alpha value is -0.610. The molecule has 1 unspecified atom stereocenters. The third kappa shape index (κ3) is 4.19. The Labute approximate surface area is 126 Å². The van der Waals surface area contributed by atoms with Crippen molar-refractivity contribution in [2.24, 2.45) is 11.8 Å². The van der Waals surface area contributed by atoms with Crippen LogP contribution in [0.1, 0.15) is 37.3 Å². The zero-order valence-corrected chi connectivity index (χ0v) is 13.1. The van der Waals surface area contributed by atoms with Gasteiger partial charge in [0.2, 0.25) is 0 Å². The van der Waals surface area contributed by atoms with Crippen LogP contribution in [0.2, 0.25) is 5.02 Å². The number of ether oxygens (including phenoxy) is 1. The Bertz CT molecular complexity index is 432. The van der Waals surface area contributed by atoms with Crippen molar-refractivity contribution in [3.8, 4) is 0 Å². The number of hydrazine groups is 1. The minimum Gasteiger partial charge on any atom is -0.378 e. The number of rotatable bonds is 7. The van der Waals surface area contributed by atoms with Gasteiger partial charge in [0.1, 0.15) is 0 Å². The lowest BCUT2D eigenvalue weighted by atomic mass is 9.77. The van der Waals surface area contributed by atoms with Crippen LogP contribution in [0.15, 0.2) is 18.2 Å². The summed E-state index contributed by atoms with van der Waals surface area (Å²) >= 11 is 6.29. The van der Waals surface area contributed by atoms with Crippen molar-refractivity contribution in [1.29, 1.82) is 0 Å². The molecule has 0 aromatic heterocycles. The number of aryl methyl sites for hydroxylation is 1. The summed E-state index contributed by atoms with van der Waals surface area (Å²) in [6, 6.07) is 6.50. The monoisotopic (exact) mass is 296 g/mol. The van der Waals surface area contributed by atoms with Crippen LogP contribution >= 0.6 is 11.6 Å². The van der Waals surface area contributed by atoms with Crippen molar-refractivity contribution < 1.29 is 4.74 Å². The SMILES string of the molecule is CCOC1CC(CC(Cc2ccc(C)cc2Cl)NN)C1. The molecule has 1 saturated carbocycles. The Morgan fingerprint density at radius 3 is 2.80 bits per heavy atom. The van der Waals surface area contributed by atoms with E-state index in [0.29, 0.717) is 6.10 Å². The molecule has 3 nitrogen and oxygen atoms in total. The third-order valence-corrected chi connectivity index (χ3v) is 4.48. The molecule has 0 amide bonds. The van der Waals surface area contributed by atoms with E-state index in [1.54, 1.807) is 0 Å². The second-order valence-corrected chi connectivity index (χ2v) is 6.22. The largest absolute Gasteiger partial charge is 0.378 e. The lowest BCUT2D eigenvalue weighted by Gasteiger charge is -2.37. The normalized spacial score (nSPS) is 23.4. The molecule has 1 aliphatic carbocycles. The van der Waals surface area contributed by atoms with Gasteiger partial charge in [-0.2, -0.15) is 0 Å². The molecule has 1 aromatic rings. The summed E-state index contributed by atoms with van der Waals surface area (Å²) < 4.78 is 5.60. The van der Waals surface area contributed by atoms with E-state index in [4.69, 9.17) is 22.2 Å². The van der Waals surface area contributed by atoms with Gasteiger partial charge in [-0.3, -0.25) is 11.3 Å². The Kier molecular flexibility index (Phi) is 5.85. The zero-order chi connectivity index (χ0) is 14.5.